The van der Waals surface area contributed by atoms with Gasteiger partial charge in [-0.25, -0.2) is 0 Å². The molecule has 0 amide bonds. The molecule has 1 aliphatic rings. The van der Waals surface area contributed by atoms with Gasteiger partial charge in [-0.1, -0.05) is 31.9 Å². The summed E-state index contributed by atoms with van der Waals surface area (Å²) in [6, 6.07) is 7.42. The molecule has 0 saturated carbocycles. The lowest BCUT2D eigenvalue weighted by atomic mass is 10.0. The van der Waals surface area contributed by atoms with Crippen molar-refractivity contribution in [2.75, 3.05) is 18.0 Å². The van der Waals surface area contributed by atoms with Gasteiger partial charge in [0.25, 0.3) is 0 Å². The van der Waals surface area contributed by atoms with E-state index in [2.05, 4.69) is 58.8 Å². The fourth-order valence-electron chi connectivity index (χ4n) is 2.78. The number of anilines is 1. The maximum atomic E-state index is 6.07. The number of benzene rings is 1. The Balaban J connectivity index is 2.22. The molecule has 1 saturated heterocycles. The molecule has 2 nitrogen and oxygen atoms in total. The summed E-state index contributed by atoms with van der Waals surface area (Å²) in [4.78, 5) is 2.56. The minimum Gasteiger partial charge on any atom is -0.365 e. The van der Waals surface area contributed by atoms with Crippen molar-refractivity contribution >= 4 is 39.9 Å². The Morgan fingerprint density at radius 1 is 1.42 bits per heavy atom. The van der Waals surface area contributed by atoms with Crippen LogP contribution in [0.3, 0.4) is 0 Å². The van der Waals surface area contributed by atoms with Crippen LogP contribution in [0.4, 0.5) is 5.69 Å². The summed E-state index contributed by atoms with van der Waals surface area (Å²) in [5.74, 6) is 0. The van der Waals surface area contributed by atoms with E-state index in [1.807, 2.05) is 6.07 Å². The predicted molar refractivity (Wildman–Crippen MR) is 92.3 cm³/mol. The molecule has 1 aliphatic heterocycles. The number of nitrogens with one attached hydrogen (secondary N) is 1. The third-order valence-electron chi connectivity index (χ3n) is 3.83. The minimum absolute atomic E-state index is 0.586. The third-order valence-corrected chi connectivity index (χ3v) is 4.93. The van der Waals surface area contributed by atoms with Crippen molar-refractivity contribution in [3.63, 3.8) is 0 Å². The predicted octanol–water partition coefficient (Wildman–Crippen LogP) is 4.30. The molecule has 2 atom stereocenters. The lowest BCUT2D eigenvalue weighted by Gasteiger charge is -2.42. The van der Waals surface area contributed by atoms with Crippen molar-refractivity contribution in [1.82, 2.24) is 5.32 Å². The third kappa shape index (κ3) is 3.76. The molecule has 1 aromatic carbocycles. The molecule has 1 fully saturated rings. The van der Waals surface area contributed by atoms with Gasteiger partial charge in [0.05, 0.1) is 5.69 Å². The highest BCUT2D eigenvalue weighted by molar-refractivity contribution is 14.1. The first-order valence-corrected chi connectivity index (χ1v) is 8.56. The summed E-state index contributed by atoms with van der Waals surface area (Å²) in [6.45, 7) is 6.70. The number of halogens is 2. The zero-order valence-corrected chi connectivity index (χ0v) is 14.5. The summed E-state index contributed by atoms with van der Waals surface area (Å²) in [5, 5.41) is 4.50. The summed E-state index contributed by atoms with van der Waals surface area (Å²) in [5.41, 5.74) is 1.33. The normalized spacial score (nSPS) is 23.7. The number of nitrogens with zero attached hydrogens (tertiary/aromatic N) is 1. The van der Waals surface area contributed by atoms with Crippen LogP contribution in [-0.2, 0) is 0 Å². The molecule has 0 spiro atoms. The highest BCUT2D eigenvalue weighted by Gasteiger charge is 2.27. The van der Waals surface area contributed by atoms with E-state index in [9.17, 15) is 0 Å². The van der Waals surface area contributed by atoms with E-state index in [-0.39, 0.29) is 0 Å². The first-order valence-electron chi connectivity index (χ1n) is 7.10. The molecule has 1 aromatic rings. The van der Waals surface area contributed by atoms with Crippen molar-refractivity contribution < 1.29 is 0 Å². The zero-order chi connectivity index (χ0) is 13.8. The smallest absolute Gasteiger partial charge is 0.0506 e. The molecule has 0 aliphatic carbocycles. The molecule has 2 unspecified atom stereocenters. The molecular weight excluding hydrogens is 371 g/mol. The Hall–Kier alpha value is -0.0000000000000000763. The van der Waals surface area contributed by atoms with Crippen LogP contribution < -0.4 is 10.2 Å². The van der Waals surface area contributed by atoms with Gasteiger partial charge in [-0.05, 0) is 53.6 Å². The SMILES string of the molecule is CCCC1CN(c2ccc(Cl)cc2I)C(CC)CN1. The van der Waals surface area contributed by atoms with Crippen molar-refractivity contribution in [2.45, 2.75) is 45.2 Å². The van der Waals surface area contributed by atoms with Gasteiger partial charge in [-0.3, -0.25) is 0 Å². The summed E-state index contributed by atoms with van der Waals surface area (Å²) >= 11 is 8.47. The Bertz CT molecular complexity index is 425. The Morgan fingerprint density at radius 3 is 2.84 bits per heavy atom. The second-order valence-electron chi connectivity index (χ2n) is 5.20. The lowest BCUT2D eigenvalue weighted by molar-refractivity contribution is 0.369. The molecular formula is C15H22ClIN2. The molecule has 0 radical (unpaired) electrons. The van der Waals surface area contributed by atoms with Crippen molar-refractivity contribution in [1.29, 1.82) is 0 Å². The van der Waals surface area contributed by atoms with E-state index in [0.717, 1.165) is 18.1 Å². The summed E-state index contributed by atoms with van der Waals surface area (Å²) in [6.07, 6.45) is 3.65. The maximum Gasteiger partial charge on any atom is 0.0506 e. The maximum absolute atomic E-state index is 6.07. The van der Waals surface area contributed by atoms with Crippen molar-refractivity contribution in [2.24, 2.45) is 0 Å². The average Bonchev–Trinajstić information content (AvgIpc) is 2.39. The van der Waals surface area contributed by atoms with Gasteiger partial charge < -0.3 is 10.2 Å². The lowest BCUT2D eigenvalue weighted by Crippen LogP contribution is -2.56. The minimum atomic E-state index is 0.586. The molecule has 1 heterocycles. The highest BCUT2D eigenvalue weighted by atomic mass is 127. The first kappa shape index (κ1) is 15.4. The van der Waals surface area contributed by atoms with Gasteiger partial charge in [0.15, 0.2) is 0 Å². The van der Waals surface area contributed by atoms with E-state index >= 15 is 0 Å². The van der Waals surface area contributed by atoms with Gasteiger partial charge in [0.2, 0.25) is 0 Å². The van der Waals surface area contributed by atoms with Crippen LogP contribution in [0.15, 0.2) is 18.2 Å². The highest BCUT2D eigenvalue weighted by Crippen LogP contribution is 2.29. The van der Waals surface area contributed by atoms with Crippen LogP contribution >= 0.6 is 34.2 Å². The van der Waals surface area contributed by atoms with Crippen LogP contribution in [0, 0.1) is 3.57 Å². The number of piperazine rings is 1. The van der Waals surface area contributed by atoms with Crippen molar-refractivity contribution in [3.8, 4) is 0 Å². The van der Waals surface area contributed by atoms with Gasteiger partial charge in [0.1, 0.15) is 0 Å². The van der Waals surface area contributed by atoms with Gasteiger partial charge in [-0.2, -0.15) is 0 Å². The van der Waals surface area contributed by atoms with E-state index < -0.39 is 0 Å². The first-order chi connectivity index (χ1) is 9.15. The van der Waals surface area contributed by atoms with E-state index in [1.54, 1.807) is 0 Å². The molecule has 4 heteroatoms. The molecule has 0 bridgehead atoms. The molecule has 19 heavy (non-hydrogen) atoms. The Kier molecular flexibility index (Phi) is 5.78. The number of hydrogen-bond donors (Lipinski definition) is 1. The van der Waals surface area contributed by atoms with Crippen LogP contribution in [0.1, 0.15) is 33.1 Å². The van der Waals surface area contributed by atoms with Gasteiger partial charge in [0, 0.05) is 33.8 Å². The second kappa shape index (κ2) is 7.14. The van der Waals surface area contributed by atoms with E-state index in [1.165, 1.54) is 28.5 Å². The van der Waals surface area contributed by atoms with Crippen LogP contribution in [0.5, 0.6) is 0 Å². The van der Waals surface area contributed by atoms with Crippen LogP contribution in [-0.4, -0.2) is 25.2 Å². The summed E-state index contributed by atoms with van der Waals surface area (Å²) in [7, 11) is 0. The van der Waals surface area contributed by atoms with Crippen LogP contribution in [0.2, 0.25) is 5.02 Å². The Labute approximate surface area is 135 Å². The fraction of sp³-hybridized carbons (Fsp3) is 0.600. The quantitative estimate of drug-likeness (QED) is 0.769. The Morgan fingerprint density at radius 2 is 2.21 bits per heavy atom. The van der Waals surface area contributed by atoms with E-state index in [4.69, 9.17) is 11.6 Å². The second-order valence-corrected chi connectivity index (χ2v) is 6.80. The van der Waals surface area contributed by atoms with Gasteiger partial charge >= 0.3 is 0 Å². The molecule has 106 valence electrons. The molecule has 0 aromatic heterocycles. The average molecular weight is 393 g/mol. The number of hydrogen-bond acceptors (Lipinski definition) is 2. The zero-order valence-electron chi connectivity index (χ0n) is 11.6. The number of rotatable bonds is 4. The van der Waals surface area contributed by atoms with Gasteiger partial charge in [-0.15, -0.1) is 0 Å². The molecule has 1 N–H and O–H groups in total. The topological polar surface area (TPSA) is 15.3 Å². The fourth-order valence-corrected chi connectivity index (χ4v) is 3.96. The molecule has 2 rings (SSSR count). The monoisotopic (exact) mass is 392 g/mol. The standard InChI is InChI=1S/C15H22ClIN2/c1-3-5-12-10-19(13(4-2)9-18-12)15-7-6-11(16)8-14(15)17/h6-8,12-13,18H,3-5,9-10H2,1-2H3. The largest absolute Gasteiger partial charge is 0.365 e. The summed E-state index contributed by atoms with van der Waals surface area (Å²) < 4.78 is 1.25. The van der Waals surface area contributed by atoms with E-state index in [0.29, 0.717) is 12.1 Å². The van der Waals surface area contributed by atoms with Crippen LogP contribution in [0.25, 0.3) is 0 Å². The van der Waals surface area contributed by atoms with Crippen molar-refractivity contribution in [3.05, 3.63) is 26.8 Å².